The smallest absolute Gasteiger partial charge is 0.417 e. The third kappa shape index (κ3) is 4.00. The highest BCUT2D eigenvalue weighted by molar-refractivity contribution is 7.80. The number of aromatic nitrogens is 1. The average molecular weight is 480 g/mol. The minimum Gasteiger partial charge on any atom is -0.755 e. The molecule has 0 aliphatic heterocycles. The van der Waals surface area contributed by atoms with E-state index in [0.717, 1.165) is 33.8 Å². The number of alkyl halides is 3. The first-order valence-electron chi connectivity index (χ1n) is 10.2. The van der Waals surface area contributed by atoms with E-state index >= 15 is 0 Å². The summed E-state index contributed by atoms with van der Waals surface area (Å²) in [6.07, 6.45) is -3.53. The van der Waals surface area contributed by atoms with Crippen molar-refractivity contribution in [2.45, 2.75) is 6.18 Å². The Labute approximate surface area is 195 Å². The third-order valence-corrected chi connectivity index (χ3v) is 6.08. The first-order valence-corrected chi connectivity index (χ1v) is 11.3. The van der Waals surface area contributed by atoms with E-state index in [0.29, 0.717) is 16.9 Å². The predicted molar refractivity (Wildman–Crippen MR) is 128 cm³/mol. The fraction of sp³-hybridized carbons (Fsp3) is 0.0400. The second-order valence-electron chi connectivity index (χ2n) is 7.81. The molecule has 0 saturated heterocycles. The summed E-state index contributed by atoms with van der Waals surface area (Å²) in [6, 6.07) is 22.8. The number of rotatable bonds is 4. The lowest BCUT2D eigenvalue weighted by atomic mass is 9.99. The number of anilines is 2. The molecule has 0 fully saturated rings. The van der Waals surface area contributed by atoms with Crippen molar-refractivity contribution < 1.29 is 21.9 Å². The largest absolute Gasteiger partial charge is 0.755 e. The summed E-state index contributed by atoms with van der Waals surface area (Å²) >= 11 is -2.58. The zero-order valence-corrected chi connectivity index (χ0v) is 18.3. The van der Waals surface area contributed by atoms with Gasteiger partial charge >= 0.3 is 6.18 Å². The summed E-state index contributed by atoms with van der Waals surface area (Å²) in [6.45, 7) is 0. The molecule has 0 aliphatic carbocycles. The van der Waals surface area contributed by atoms with Crippen molar-refractivity contribution in [3.63, 3.8) is 0 Å². The van der Waals surface area contributed by atoms with Gasteiger partial charge in [-0.1, -0.05) is 48.5 Å². The molecule has 5 rings (SSSR count). The van der Waals surface area contributed by atoms with Crippen LogP contribution in [0.15, 0.2) is 85.1 Å². The van der Waals surface area contributed by atoms with Gasteiger partial charge < -0.3 is 19.6 Å². The highest BCUT2D eigenvalue weighted by atomic mass is 32.2. The van der Waals surface area contributed by atoms with E-state index in [1.807, 2.05) is 48.5 Å². The number of nitrogens with zero attached hydrogens (tertiary/aromatic N) is 1. The Morgan fingerprint density at radius 2 is 1.62 bits per heavy atom. The Morgan fingerprint density at radius 3 is 2.35 bits per heavy atom. The van der Waals surface area contributed by atoms with E-state index in [-0.39, 0.29) is 11.4 Å². The van der Waals surface area contributed by atoms with E-state index in [1.54, 1.807) is 6.07 Å². The molecule has 5 aromatic rings. The minimum atomic E-state index is -4.54. The molecule has 1 unspecified atom stereocenters. The fourth-order valence-electron chi connectivity index (χ4n) is 4.11. The summed E-state index contributed by atoms with van der Waals surface area (Å²) in [7, 11) is 0. The van der Waals surface area contributed by atoms with Crippen LogP contribution in [0.5, 0.6) is 0 Å². The number of benzene rings is 4. The summed E-state index contributed by atoms with van der Waals surface area (Å²) in [5.74, 6) is 0. The van der Waals surface area contributed by atoms with Crippen LogP contribution in [0.3, 0.4) is 0 Å². The molecule has 0 aliphatic rings. The van der Waals surface area contributed by atoms with Gasteiger partial charge in [0, 0.05) is 23.2 Å². The molecule has 1 aromatic heterocycles. The van der Waals surface area contributed by atoms with Gasteiger partial charge in [-0.25, -0.2) is 0 Å². The van der Waals surface area contributed by atoms with Crippen LogP contribution in [0.4, 0.5) is 24.5 Å². The van der Waals surface area contributed by atoms with E-state index in [1.165, 1.54) is 22.8 Å². The summed E-state index contributed by atoms with van der Waals surface area (Å²) in [5, 5.41) is 4.04. The SMILES string of the molecule is Nc1cc(-n2cc(C(F)(F)F)cc2-c2ccc3c(ccc4ccccc43)c2)ccc1NS(=O)[O-]. The molecule has 0 radical (unpaired) electrons. The monoisotopic (exact) mass is 480 g/mol. The van der Waals surface area contributed by atoms with E-state index in [4.69, 9.17) is 5.73 Å². The molecule has 0 saturated carbocycles. The second-order valence-corrected chi connectivity index (χ2v) is 8.49. The molecule has 0 amide bonds. The maximum absolute atomic E-state index is 13.6. The van der Waals surface area contributed by atoms with E-state index in [9.17, 15) is 21.9 Å². The van der Waals surface area contributed by atoms with Crippen LogP contribution < -0.4 is 10.5 Å². The van der Waals surface area contributed by atoms with Gasteiger partial charge in [-0.2, -0.15) is 13.2 Å². The van der Waals surface area contributed by atoms with Gasteiger partial charge in [0.15, 0.2) is 0 Å². The molecule has 1 heterocycles. The highest BCUT2D eigenvalue weighted by Gasteiger charge is 2.33. The van der Waals surface area contributed by atoms with E-state index < -0.39 is 23.0 Å². The van der Waals surface area contributed by atoms with E-state index in [2.05, 4.69) is 4.72 Å². The van der Waals surface area contributed by atoms with Crippen molar-refractivity contribution in [2.24, 2.45) is 0 Å². The molecule has 172 valence electrons. The van der Waals surface area contributed by atoms with Crippen molar-refractivity contribution in [2.75, 3.05) is 10.5 Å². The Hall–Kier alpha value is -3.82. The van der Waals surface area contributed by atoms with Crippen molar-refractivity contribution in [1.29, 1.82) is 0 Å². The van der Waals surface area contributed by atoms with Crippen molar-refractivity contribution in [3.8, 4) is 16.9 Å². The standard InChI is InChI=1S/C25H18F3N3O2S/c26-25(27,28)18-12-24(31(14-18)19-8-10-23(22(29)13-19)30-34(32)33)17-7-9-21-16(11-17)6-5-15-3-1-2-4-20(15)21/h1-14,30H,29H2,(H,32,33)/p-1. The Morgan fingerprint density at radius 1 is 0.882 bits per heavy atom. The Kier molecular flexibility index (Phi) is 5.30. The van der Waals surface area contributed by atoms with Crippen LogP contribution >= 0.6 is 0 Å². The van der Waals surface area contributed by atoms with Gasteiger partial charge in [0.1, 0.15) is 0 Å². The van der Waals surface area contributed by atoms with Crippen LogP contribution in [0.2, 0.25) is 0 Å². The fourth-order valence-corrected chi connectivity index (χ4v) is 4.47. The lowest BCUT2D eigenvalue weighted by molar-refractivity contribution is -0.137. The topological polar surface area (TPSA) is 83.1 Å². The molecule has 9 heteroatoms. The zero-order valence-electron chi connectivity index (χ0n) is 17.5. The number of nitrogen functional groups attached to an aromatic ring is 1. The normalized spacial score (nSPS) is 12.8. The second kappa shape index (κ2) is 8.19. The lowest BCUT2D eigenvalue weighted by Gasteiger charge is -2.15. The summed E-state index contributed by atoms with van der Waals surface area (Å²) < 4.78 is 66.2. The molecule has 0 bridgehead atoms. The average Bonchev–Trinajstić information content (AvgIpc) is 3.26. The van der Waals surface area contributed by atoms with Gasteiger partial charge in [-0.05, 0) is 57.4 Å². The summed E-state index contributed by atoms with van der Waals surface area (Å²) in [5.41, 5.74) is 6.65. The molecule has 0 spiro atoms. The van der Waals surface area contributed by atoms with Crippen molar-refractivity contribution in [1.82, 2.24) is 4.57 Å². The molecular formula is C25H17F3N3O2S-. The van der Waals surface area contributed by atoms with Gasteiger partial charge in [0.25, 0.3) is 0 Å². The quantitative estimate of drug-likeness (QED) is 0.181. The summed E-state index contributed by atoms with van der Waals surface area (Å²) in [4.78, 5) is 0. The third-order valence-electron chi connectivity index (χ3n) is 5.69. The maximum atomic E-state index is 13.6. The van der Waals surface area contributed by atoms with Gasteiger partial charge in [-0.3, -0.25) is 4.21 Å². The number of halogens is 3. The Bertz CT molecular complexity index is 1580. The van der Waals surface area contributed by atoms with Crippen LogP contribution in [-0.2, 0) is 17.4 Å². The minimum absolute atomic E-state index is 0.0832. The molecule has 4 aromatic carbocycles. The van der Waals surface area contributed by atoms with Gasteiger partial charge in [0.2, 0.25) is 0 Å². The lowest BCUT2D eigenvalue weighted by Crippen LogP contribution is -2.06. The number of nitrogens with one attached hydrogen (secondary N) is 1. The van der Waals surface area contributed by atoms with Crippen LogP contribution in [0, 0.1) is 0 Å². The van der Waals surface area contributed by atoms with Crippen molar-refractivity contribution in [3.05, 3.63) is 90.6 Å². The Balaban J connectivity index is 1.68. The van der Waals surface area contributed by atoms with Crippen LogP contribution in [0.1, 0.15) is 5.56 Å². The first-order chi connectivity index (χ1) is 16.2. The highest BCUT2D eigenvalue weighted by Crippen LogP contribution is 2.37. The zero-order chi connectivity index (χ0) is 24.0. The maximum Gasteiger partial charge on any atom is 0.417 e. The van der Waals surface area contributed by atoms with Crippen LogP contribution in [-0.4, -0.2) is 13.3 Å². The van der Waals surface area contributed by atoms with Crippen LogP contribution in [0.25, 0.3) is 38.5 Å². The first kappa shape index (κ1) is 22.0. The number of nitrogens with two attached hydrogens (primary N) is 1. The number of hydrogen-bond donors (Lipinski definition) is 2. The predicted octanol–water partition coefficient (Wildman–Crippen LogP) is 6.26. The molecule has 3 N–H and O–H groups in total. The molecular weight excluding hydrogens is 463 g/mol. The number of hydrogen-bond acceptors (Lipinski definition) is 3. The molecule has 1 atom stereocenters. The molecule has 5 nitrogen and oxygen atoms in total. The van der Waals surface area contributed by atoms with Gasteiger partial charge in [0.05, 0.1) is 22.6 Å². The van der Waals surface area contributed by atoms with Gasteiger partial charge in [-0.15, -0.1) is 0 Å². The van der Waals surface area contributed by atoms with Crippen molar-refractivity contribution >= 4 is 44.2 Å². The number of fused-ring (bicyclic) bond motifs is 3. The molecule has 34 heavy (non-hydrogen) atoms.